The zero-order valence-corrected chi connectivity index (χ0v) is 15.2. The largest absolute Gasteiger partial charge is 0.384 e. The number of benzene rings is 1. The summed E-state index contributed by atoms with van der Waals surface area (Å²) in [5.74, 6) is -0.333. The number of methoxy groups -OCH3 is 1. The molecule has 0 radical (unpaired) electrons. The lowest BCUT2D eigenvalue weighted by Gasteiger charge is -2.42. The Balaban J connectivity index is 1.75. The lowest BCUT2D eigenvalue weighted by Crippen LogP contribution is -2.54. The van der Waals surface area contributed by atoms with Crippen LogP contribution in [0.3, 0.4) is 0 Å². The number of ether oxygens (including phenoxy) is 2. The first-order chi connectivity index (χ1) is 12.1. The smallest absolute Gasteiger partial charge is 0.231 e. The van der Waals surface area contributed by atoms with Crippen LogP contribution in [0.1, 0.15) is 24.5 Å². The predicted octanol–water partition coefficient (Wildman–Crippen LogP) is 2.40. The van der Waals surface area contributed by atoms with Crippen LogP contribution in [-0.2, 0) is 14.3 Å². The Hall–Kier alpha value is -1.21. The van der Waals surface area contributed by atoms with Gasteiger partial charge in [-0.25, -0.2) is 4.39 Å². The number of carbonyl (C=O) groups excluding carboxylic acids is 1. The van der Waals surface area contributed by atoms with Crippen molar-refractivity contribution in [2.45, 2.75) is 18.9 Å². The van der Waals surface area contributed by atoms with Gasteiger partial charge in [0.05, 0.1) is 30.2 Å². The predicted molar refractivity (Wildman–Crippen MR) is 93.1 cm³/mol. The molecule has 0 saturated carbocycles. The maximum Gasteiger partial charge on any atom is 0.231 e. The van der Waals surface area contributed by atoms with Gasteiger partial charge in [-0.1, -0.05) is 17.7 Å². The molecule has 138 valence electrons. The molecule has 1 unspecified atom stereocenters. The number of halogens is 2. The van der Waals surface area contributed by atoms with Crippen molar-refractivity contribution < 1.29 is 18.7 Å². The van der Waals surface area contributed by atoms with Crippen molar-refractivity contribution in [3.05, 3.63) is 34.6 Å². The van der Waals surface area contributed by atoms with Crippen LogP contribution in [-0.4, -0.2) is 57.3 Å². The molecule has 0 aromatic heterocycles. The summed E-state index contributed by atoms with van der Waals surface area (Å²) in [6, 6.07) is 4.57. The molecule has 2 aliphatic rings. The van der Waals surface area contributed by atoms with E-state index in [-0.39, 0.29) is 17.0 Å². The van der Waals surface area contributed by atoms with Gasteiger partial charge in [-0.05, 0) is 43.6 Å². The normalized spacial score (nSPS) is 23.5. The Morgan fingerprint density at radius 3 is 2.92 bits per heavy atom. The minimum atomic E-state index is -0.470. The van der Waals surface area contributed by atoms with Crippen molar-refractivity contribution in [3.63, 3.8) is 0 Å². The van der Waals surface area contributed by atoms with Crippen LogP contribution >= 0.6 is 11.6 Å². The Morgan fingerprint density at radius 1 is 1.48 bits per heavy atom. The fraction of sp³-hybridized carbons (Fsp3) is 0.611. The fourth-order valence-electron chi connectivity index (χ4n) is 3.69. The Bertz CT molecular complexity index is 617. The molecule has 25 heavy (non-hydrogen) atoms. The first-order valence-electron chi connectivity index (χ1n) is 8.61. The van der Waals surface area contributed by atoms with Gasteiger partial charge in [0, 0.05) is 13.7 Å². The Labute approximate surface area is 152 Å². The zero-order valence-electron chi connectivity index (χ0n) is 14.4. The van der Waals surface area contributed by atoms with Crippen molar-refractivity contribution in [1.82, 2.24) is 10.2 Å². The number of carbonyl (C=O) groups is 1. The monoisotopic (exact) mass is 370 g/mol. The molecule has 1 aromatic rings. The lowest BCUT2D eigenvalue weighted by molar-refractivity contribution is -0.155. The standard InChI is InChI=1S/C18H24ClFN2O3/c1-24-12-18(4-6-21-7-5-18)17(23)22-8-9-25-16(11-22)13-2-3-15(20)14(19)10-13/h2-3,10,16,21H,4-9,11-12H2,1H3. The second-order valence-corrected chi connectivity index (χ2v) is 7.15. The van der Waals surface area contributed by atoms with Gasteiger partial charge < -0.3 is 19.7 Å². The van der Waals surface area contributed by atoms with E-state index in [9.17, 15) is 9.18 Å². The van der Waals surface area contributed by atoms with Gasteiger partial charge in [-0.15, -0.1) is 0 Å². The molecular formula is C18H24ClFN2O3. The van der Waals surface area contributed by atoms with E-state index in [1.807, 2.05) is 4.90 Å². The van der Waals surface area contributed by atoms with Crippen LogP contribution in [0.5, 0.6) is 0 Å². The molecule has 7 heteroatoms. The number of nitrogens with zero attached hydrogens (tertiary/aromatic N) is 1. The summed E-state index contributed by atoms with van der Waals surface area (Å²) in [6.45, 7) is 3.51. The number of rotatable bonds is 4. The van der Waals surface area contributed by atoms with Gasteiger partial charge in [-0.3, -0.25) is 4.79 Å². The van der Waals surface area contributed by atoms with Crippen LogP contribution in [0.2, 0.25) is 5.02 Å². The minimum Gasteiger partial charge on any atom is -0.384 e. The van der Waals surface area contributed by atoms with E-state index < -0.39 is 11.2 Å². The summed E-state index contributed by atoms with van der Waals surface area (Å²) in [6.07, 6.45) is 1.24. The highest BCUT2D eigenvalue weighted by Gasteiger charge is 2.43. The molecule has 3 rings (SSSR count). The van der Waals surface area contributed by atoms with E-state index in [4.69, 9.17) is 21.1 Å². The average molecular weight is 371 g/mol. The number of hydrogen-bond acceptors (Lipinski definition) is 4. The first-order valence-corrected chi connectivity index (χ1v) is 8.99. The molecule has 2 fully saturated rings. The maximum absolute atomic E-state index is 13.4. The second kappa shape index (κ2) is 7.99. The molecule has 1 aromatic carbocycles. The summed E-state index contributed by atoms with van der Waals surface area (Å²) in [7, 11) is 1.64. The summed E-state index contributed by atoms with van der Waals surface area (Å²) >= 11 is 5.88. The highest BCUT2D eigenvalue weighted by molar-refractivity contribution is 6.30. The highest BCUT2D eigenvalue weighted by atomic mass is 35.5. The highest BCUT2D eigenvalue weighted by Crippen LogP contribution is 2.34. The summed E-state index contributed by atoms with van der Waals surface area (Å²) in [5.41, 5.74) is 0.317. The molecule has 2 saturated heterocycles. The van der Waals surface area contributed by atoms with Gasteiger partial charge in [0.25, 0.3) is 0 Å². The van der Waals surface area contributed by atoms with Gasteiger partial charge in [-0.2, -0.15) is 0 Å². The number of morpholine rings is 1. The molecule has 1 atom stereocenters. The quantitative estimate of drug-likeness (QED) is 0.884. The van der Waals surface area contributed by atoms with Crippen LogP contribution < -0.4 is 5.32 Å². The molecule has 2 aliphatic heterocycles. The van der Waals surface area contributed by atoms with Crippen LogP contribution in [0.4, 0.5) is 4.39 Å². The summed E-state index contributed by atoms with van der Waals surface area (Å²) < 4.78 is 24.6. The van der Waals surface area contributed by atoms with E-state index in [0.29, 0.717) is 26.3 Å². The summed E-state index contributed by atoms with van der Waals surface area (Å²) in [4.78, 5) is 15.1. The van der Waals surface area contributed by atoms with E-state index in [1.165, 1.54) is 6.07 Å². The van der Waals surface area contributed by atoms with E-state index >= 15 is 0 Å². The van der Waals surface area contributed by atoms with Crippen molar-refractivity contribution in [2.24, 2.45) is 5.41 Å². The molecule has 1 amide bonds. The van der Waals surface area contributed by atoms with Crippen LogP contribution in [0.25, 0.3) is 0 Å². The molecule has 0 spiro atoms. The van der Waals surface area contributed by atoms with Gasteiger partial charge in [0.15, 0.2) is 0 Å². The third-order valence-corrected chi connectivity index (χ3v) is 5.39. The van der Waals surface area contributed by atoms with Gasteiger partial charge in [0.2, 0.25) is 5.91 Å². The third kappa shape index (κ3) is 3.97. The zero-order chi connectivity index (χ0) is 17.9. The molecule has 1 N–H and O–H groups in total. The molecule has 0 bridgehead atoms. The fourth-order valence-corrected chi connectivity index (χ4v) is 3.87. The van der Waals surface area contributed by atoms with E-state index in [1.54, 1.807) is 19.2 Å². The van der Waals surface area contributed by atoms with Crippen molar-refractivity contribution in [2.75, 3.05) is 46.5 Å². The van der Waals surface area contributed by atoms with Crippen molar-refractivity contribution in [3.8, 4) is 0 Å². The number of nitrogens with one attached hydrogen (secondary N) is 1. The lowest BCUT2D eigenvalue weighted by atomic mass is 9.78. The Kier molecular flexibility index (Phi) is 5.94. The Morgan fingerprint density at radius 2 is 2.24 bits per heavy atom. The molecule has 0 aliphatic carbocycles. The van der Waals surface area contributed by atoms with E-state index in [2.05, 4.69) is 5.32 Å². The van der Waals surface area contributed by atoms with Crippen molar-refractivity contribution in [1.29, 1.82) is 0 Å². The first kappa shape index (κ1) is 18.6. The van der Waals surface area contributed by atoms with Gasteiger partial charge >= 0.3 is 0 Å². The van der Waals surface area contributed by atoms with E-state index in [0.717, 1.165) is 31.5 Å². The van der Waals surface area contributed by atoms with Gasteiger partial charge in [0.1, 0.15) is 11.9 Å². The SMILES string of the molecule is COCC1(C(=O)N2CCOC(c3ccc(F)c(Cl)c3)C2)CCNCC1. The topological polar surface area (TPSA) is 50.8 Å². The number of amides is 1. The maximum atomic E-state index is 13.4. The molecule has 5 nitrogen and oxygen atoms in total. The third-order valence-electron chi connectivity index (χ3n) is 5.10. The van der Waals surface area contributed by atoms with Crippen molar-refractivity contribution >= 4 is 17.5 Å². The molecular weight excluding hydrogens is 347 g/mol. The minimum absolute atomic E-state index is 0.0683. The number of hydrogen-bond donors (Lipinski definition) is 1. The number of piperidine rings is 1. The second-order valence-electron chi connectivity index (χ2n) is 6.75. The van der Waals surface area contributed by atoms with Crippen LogP contribution in [0, 0.1) is 11.2 Å². The molecule has 2 heterocycles. The average Bonchev–Trinajstić information content (AvgIpc) is 2.64. The van der Waals surface area contributed by atoms with Crippen LogP contribution in [0.15, 0.2) is 18.2 Å². The summed E-state index contributed by atoms with van der Waals surface area (Å²) in [5, 5.41) is 3.37.